The highest BCUT2D eigenvalue weighted by Crippen LogP contribution is 2.44. The second-order valence-electron chi connectivity index (χ2n) is 4.86. The highest BCUT2D eigenvalue weighted by molar-refractivity contribution is 5.24. The Bertz CT molecular complexity index is 374. The van der Waals surface area contributed by atoms with Gasteiger partial charge in [0, 0.05) is 5.54 Å². The van der Waals surface area contributed by atoms with Gasteiger partial charge in [-0.3, -0.25) is 0 Å². The summed E-state index contributed by atoms with van der Waals surface area (Å²) < 4.78 is 38.2. The molecule has 0 saturated heterocycles. The van der Waals surface area contributed by atoms with Crippen LogP contribution in [0, 0.1) is 5.92 Å². The van der Waals surface area contributed by atoms with Crippen LogP contribution in [0.5, 0.6) is 0 Å². The molecule has 1 aliphatic carbocycles. The molecule has 1 fully saturated rings. The SMILES string of the molecule is NC1(c2ccccc2)CCCC(C(F)(F)F)C1. The Morgan fingerprint density at radius 1 is 1.18 bits per heavy atom. The highest BCUT2D eigenvalue weighted by atomic mass is 19.4. The molecule has 1 aromatic rings. The minimum atomic E-state index is -4.13. The zero-order valence-corrected chi connectivity index (χ0v) is 9.50. The van der Waals surface area contributed by atoms with Crippen LogP contribution in [0.4, 0.5) is 13.2 Å². The van der Waals surface area contributed by atoms with E-state index >= 15 is 0 Å². The fourth-order valence-corrected chi connectivity index (χ4v) is 2.62. The number of rotatable bonds is 1. The van der Waals surface area contributed by atoms with Crippen LogP contribution in [0.3, 0.4) is 0 Å². The van der Waals surface area contributed by atoms with Gasteiger partial charge in [-0.2, -0.15) is 13.2 Å². The van der Waals surface area contributed by atoms with E-state index in [0.29, 0.717) is 12.8 Å². The minimum absolute atomic E-state index is 0.000509. The molecule has 0 radical (unpaired) electrons. The predicted molar refractivity (Wildman–Crippen MR) is 60.3 cm³/mol. The summed E-state index contributed by atoms with van der Waals surface area (Å²) in [5.74, 6) is -1.26. The molecule has 1 aliphatic rings. The molecule has 2 atom stereocenters. The maximum atomic E-state index is 12.7. The van der Waals surface area contributed by atoms with E-state index in [0.717, 1.165) is 5.56 Å². The number of nitrogens with two attached hydrogens (primary N) is 1. The zero-order chi connectivity index (χ0) is 12.5. The Hall–Kier alpha value is -1.03. The van der Waals surface area contributed by atoms with Gasteiger partial charge >= 0.3 is 6.18 Å². The lowest BCUT2D eigenvalue weighted by molar-refractivity contribution is -0.187. The Labute approximate surface area is 98.8 Å². The molecule has 0 aliphatic heterocycles. The van der Waals surface area contributed by atoms with Crippen LogP contribution < -0.4 is 5.73 Å². The van der Waals surface area contributed by atoms with E-state index in [1.807, 2.05) is 30.3 Å². The summed E-state index contributed by atoms with van der Waals surface area (Å²) in [6, 6.07) is 9.12. The van der Waals surface area contributed by atoms with Crippen molar-refractivity contribution in [2.45, 2.75) is 37.4 Å². The third-order valence-electron chi connectivity index (χ3n) is 3.60. The molecular weight excluding hydrogens is 227 g/mol. The van der Waals surface area contributed by atoms with Gasteiger partial charge in [0.15, 0.2) is 0 Å². The van der Waals surface area contributed by atoms with Gasteiger partial charge in [-0.15, -0.1) is 0 Å². The van der Waals surface area contributed by atoms with Crippen molar-refractivity contribution in [1.29, 1.82) is 0 Å². The van der Waals surface area contributed by atoms with E-state index in [-0.39, 0.29) is 12.8 Å². The van der Waals surface area contributed by atoms with Crippen LogP contribution in [0.15, 0.2) is 30.3 Å². The van der Waals surface area contributed by atoms with Crippen molar-refractivity contribution in [2.24, 2.45) is 11.7 Å². The van der Waals surface area contributed by atoms with Gasteiger partial charge in [0.25, 0.3) is 0 Å². The number of hydrogen-bond donors (Lipinski definition) is 1. The van der Waals surface area contributed by atoms with Crippen LogP contribution in [0.25, 0.3) is 0 Å². The summed E-state index contributed by atoms with van der Waals surface area (Å²) in [7, 11) is 0. The summed E-state index contributed by atoms with van der Waals surface area (Å²) in [5.41, 5.74) is 6.16. The standard InChI is InChI=1S/C13H16F3N/c14-13(15,16)11-7-4-8-12(17,9-11)10-5-2-1-3-6-10/h1-3,5-6,11H,4,7-9,17H2. The lowest BCUT2D eigenvalue weighted by Gasteiger charge is -2.39. The third-order valence-corrected chi connectivity index (χ3v) is 3.60. The maximum absolute atomic E-state index is 12.7. The zero-order valence-electron chi connectivity index (χ0n) is 9.50. The number of benzene rings is 1. The van der Waals surface area contributed by atoms with Gasteiger partial charge in [-0.05, 0) is 24.8 Å². The Morgan fingerprint density at radius 2 is 1.82 bits per heavy atom. The molecule has 0 aromatic heterocycles. The predicted octanol–water partition coefficient (Wildman–Crippen LogP) is 3.59. The summed E-state index contributed by atoms with van der Waals surface area (Å²) in [6.07, 6.45) is -2.76. The molecule has 17 heavy (non-hydrogen) atoms. The van der Waals surface area contributed by atoms with Crippen molar-refractivity contribution in [1.82, 2.24) is 0 Å². The Morgan fingerprint density at radius 3 is 2.41 bits per heavy atom. The van der Waals surface area contributed by atoms with Gasteiger partial charge in [-0.1, -0.05) is 36.8 Å². The van der Waals surface area contributed by atoms with Crippen LogP contribution in [0.2, 0.25) is 0 Å². The summed E-state index contributed by atoms with van der Waals surface area (Å²) in [5, 5.41) is 0. The molecular formula is C13H16F3N. The van der Waals surface area contributed by atoms with Crippen molar-refractivity contribution in [2.75, 3.05) is 0 Å². The van der Waals surface area contributed by atoms with Crippen LogP contribution in [-0.4, -0.2) is 6.18 Å². The molecule has 4 heteroatoms. The van der Waals surface area contributed by atoms with Crippen molar-refractivity contribution >= 4 is 0 Å². The fourth-order valence-electron chi connectivity index (χ4n) is 2.62. The van der Waals surface area contributed by atoms with E-state index in [4.69, 9.17) is 5.73 Å². The fraction of sp³-hybridized carbons (Fsp3) is 0.538. The average molecular weight is 243 g/mol. The van der Waals surface area contributed by atoms with E-state index in [1.54, 1.807) is 0 Å². The topological polar surface area (TPSA) is 26.0 Å². The van der Waals surface area contributed by atoms with Crippen molar-refractivity contribution < 1.29 is 13.2 Å². The largest absolute Gasteiger partial charge is 0.391 e. The summed E-state index contributed by atoms with van der Waals surface area (Å²) in [4.78, 5) is 0. The molecule has 0 bridgehead atoms. The molecule has 2 rings (SSSR count). The van der Waals surface area contributed by atoms with Crippen molar-refractivity contribution in [3.05, 3.63) is 35.9 Å². The van der Waals surface area contributed by atoms with Gasteiger partial charge < -0.3 is 5.73 Å². The van der Waals surface area contributed by atoms with Gasteiger partial charge in [0.05, 0.1) is 5.92 Å². The van der Waals surface area contributed by atoms with E-state index < -0.39 is 17.6 Å². The van der Waals surface area contributed by atoms with Crippen LogP contribution >= 0.6 is 0 Å². The van der Waals surface area contributed by atoms with Crippen molar-refractivity contribution in [3.8, 4) is 0 Å². The molecule has 0 amide bonds. The molecule has 0 spiro atoms. The molecule has 2 N–H and O–H groups in total. The number of halogens is 3. The first kappa shape index (κ1) is 12.4. The van der Waals surface area contributed by atoms with Crippen LogP contribution in [0.1, 0.15) is 31.2 Å². The first-order valence-electron chi connectivity index (χ1n) is 5.83. The molecule has 1 saturated carbocycles. The lowest BCUT2D eigenvalue weighted by Crippen LogP contribution is -2.44. The van der Waals surface area contributed by atoms with Gasteiger partial charge in [0.1, 0.15) is 0 Å². The quantitative estimate of drug-likeness (QED) is 0.801. The number of alkyl halides is 3. The maximum Gasteiger partial charge on any atom is 0.391 e. The van der Waals surface area contributed by atoms with E-state index in [1.165, 1.54) is 0 Å². The van der Waals surface area contributed by atoms with E-state index in [2.05, 4.69) is 0 Å². The van der Waals surface area contributed by atoms with E-state index in [9.17, 15) is 13.2 Å². The third kappa shape index (κ3) is 2.63. The molecule has 94 valence electrons. The number of hydrogen-bond acceptors (Lipinski definition) is 1. The highest BCUT2D eigenvalue weighted by Gasteiger charge is 2.46. The smallest absolute Gasteiger partial charge is 0.321 e. The van der Waals surface area contributed by atoms with Gasteiger partial charge in [0.2, 0.25) is 0 Å². The summed E-state index contributed by atoms with van der Waals surface area (Å²) in [6.45, 7) is 0. The second kappa shape index (κ2) is 4.33. The van der Waals surface area contributed by atoms with Crippen LogP contribution in [-0.2, 0) is 5.54 Å². The molecule has 1 aromatic carbocycles. The Kier molecular flexibility index (Phi) is 3.17. The first-order valence-corrected chi connectivity index (χ1v) is 5.83. The summed E-state index contributed by atoms with van der Waals surface area (Å²) >= 11 is 0. The Balaban J connectivity index is 2.21. The molecule has 2 unspecified atom stereocenters. The van der Waals surface area contributed by atoms with Gasteiger partial charge in [-0.25, -0.2) is 0 Å². The minimum Gasteiger partial charge on any atom is -0.321 e. The second-order valence-corrected chi connectivity index (χ2v) is 4.86. The molecule has 0 heterocycles. The lowest BCUT2D eigenvalue weighted by atomic mass is 9.72. The molecule has 1 nitrogen and oxygen atoms in total. The monoisotopic (exact) mass is 243 g/mol. The normalized spacial score (nSPS) is 30.2. The average Bonchev–Trinajstić information content (AvgIpc) is 2.29. The first-order chi connectivity index (χ1) is 7.92. The van der Waals surface area contributed by atoms with Crippen molar-refractivity contribution in [3.63, 3.8) is 0 Å².